The topological polar surface area (TPSA) is 59.8 Å². The highest BCUT2D eigenvalue weighted by Crippen LogP contribution is 2.34. The SMILES string of the molecule is O=CN1CCN(c2ccc(SC[C@@H]3CO[C@](CCc4ccc(Cl)cc4)(Cn4ccnc4)O3)cc2)CC1. The van der Waals surface area contributed by atoms with Crippen molar-refractivity contribution in [2.45, 2.75) is 36.2 Å². The molecule has 0 unspecified atom stereocenters. The molecular formula is C27H31ClN4O3S. The van der Waals surface area contributed by atoms with E-state index in [1.54, 1.807) is 24.3 Å². The molecule has 0 bridgehead atoms. The fourth-order valence-corrected chi connectivity index (χ4v) is 5.66. The normalized spacial score (nSPS) is 22.2. The number of thioether (sulfide) groups is 1. The van der Waals surface area contributed by atoms with Crippen LogP contribution in [0.1, 0.15) is 12.0 Å². The molecule has 190 valence electrons. The summed E-state index contributed by atoms with van der Waals surface area (Å²) >= 11 is 7.84. The largest absolute Gasteiger partial charge is 0.368 e. The molecule has 2 aliphatic rings. The van der Waals surface area contributed by atoms with Crippen molar-refractivity contribution in [3.8, 4) is 0 Å². The average molecular weight is 527 g/mol. The maximum atomic E-state index is 10.9. The lowest BCUT2D eigenvalue weighted by atomic mass is 10.0. The van der Waals surface area contributed by atoms with Gasteiger partial charge in [-0.05, 0) is 48.4 Å². The van der Waals surface area contributed by atoms with Gasteiger partial charge in [0.1, 0.15) is 0 Å². The van der Waals surface area contributed by atoms with Crippen molar-refractivity contribution in [2.24, 2.45) is 0 Å². The highest BCUT2D eigenvalue weighted by molar-refractivity contribution is 7.99. The van der Waals surface area contributed by atoms with E-state index in [1.165, 1.54) is 16.1 Å². The molecule has 0 radical (unpaired) electrons. The average Bonchev–Trinajstić information content (AvgIpc) is 3.58. The van der Waals surface area contributed by atoms with Gasteiger partial charge in [0, 0.05) is 66.4 Å². The number of aromatic nitrogens is 2. The van der Waals surface area contributed by atoms with Gasteiger partial charge in [-0.3, -0.25) is 4.79 Å². The summed E-state index contributed by atoms with van der Waals surface area (Å²) in [4.78, 5) is 20.5. The molecule has 2 saturated heterocycles. The van der Waals surface area contributed by atoms with E-state index in [0.29, 0.717) is 13.2 Å². The Labute approximate surface area is 221 Å². The summed E-state index contributed by atoms with van der Waals surface area (Å²) in [6.45, 7) is 4.46. The van der Waals surface area contributed by atoms with Gasteiger partial charge in [-0.25, -0.2) is 4.98 Å². The molecule has 7 nitrogen and oxygen atoms in total. The van der Waals surface area contributed by atoms with Gasteiger partial charge >= 0.3 is 0 Å². The number of anilines is 1. The van der Waals surface area contributed by atoms with Crippen molar-refractivity contribution in [1.82, 2.24) is 14.5 Å². The van der Waals surface area contributed by atoms with Crippen LogP contribution in [0.25, 0.3) is 0 Å². The summed E-state index contributed by atoms with van der Waals surface area (Å²) in [5.74, 6) is 0.142. The second kappa shape index (κ2) is 11.7. The van der Waals surface area contributed by atoms with Crippen LogP contribution in [0.5, 0.6) is 0 Å². The fourth-order valence-electron chi connectivity index (χ4n) is 4.66. The van der Waals surface area contributed by atoms with Crippen LogP contribution in [-0.2, 0) is 27.2 Å². The first-order valence-corrected chi connectivity index (χ1v) is 13.7. The van der Waals surface area contributed by atoms with Crippen molar-refractivity contribution in [2.75, 3.05) is 43.4 Å². The molecule has 0 saturated carbocycles. The number of carbonyl (C=O) groups is 1. The number of imidazole rings is 1. The molecule has 2 fully saturated rings. The van der Waals surface area contributed by atoms with E-state index in [1.807, 2.05) is 27.8 Å². The Balaban J connectivity index is 1.16. The van der Waals surface area contributed by atoms with Crippen molar-refractivity contribution in [3.63, 3.8) is 0 Å². The van der Waals surface area contributed by atoms with Crippen LogP contribution in [0.3, 0.4) is 0 Å². The molecule has 0 spiro atoms. The molecule has 2 aliphatic heterocycles. The van der Waals surface area contributed by atoms with E-state index >= 15 is 0 Å². The second-order valence-electron chi connectivity index (χ2n) is 9.26. The van der Waals surface area contributed by atoms with E-state index in [-0.39, 0.29) is 6.10 Å². The molecule has 0 N–H and O–H groups in total. The highest BCUT2D eigenvalue weighted by Gasteiger charge is 2.41. The number of benzene rings is 2. The van der Waals surface area contributed by atoms with Crippen molar-refractivity contribution < 1.29 is 14.3 Å². The lowest BCUT2D eigenvalue weighted by Crippen LogP contribution is -2.45. The molecule has 36 heavy (non-hydrogen) atoms. The Bertz CT molecular complexity index is 1110. The van der Waals surface area contributed by atoms with Crippen LogP contribution in [0.2, 0.25) is 5.02 Å². The third kappa shape index (κ3) is 6.42. The maximum absolute atomic E-state index is 10.9. The number of rotatable bonds is 10. The molecule has 5 rings (SSSR count). The molecular weight excluding hydrogens is 496 g/mol. The Morgan fingerprint density at radius 1 is 1.08 bits per heavy atom. The minimum atomic E-state index is -0.681. The molecule has 0 aliphatic carbocycles. The Morgan fingerprint density at radius 2 is 1.86 bits per heavy atom. The summed E-state index contributed by atoms with van der Waals surface area (Å²) in [6, 6.07) is 16.6. The zero-order valence-electron chi connectivity index (χ0n) is 20.2. The zero-order valence-corrected chi connectivity index (χ0v) is 21.7. The smallest absolute Gasteiger partial charge is 0.209 e. The zero-order chi connectivity index (χ0) is 24.8. The van der Waals surface area contributed by atoms with Crippen molar-refractivity contribution >= 4 is 35.5 Å². The molecule has 9 heteroatoms. The molecule has 2 aromatic carbocycles. The summed E-state index contributed by atoms with van der Waals surface area (Å²) in [5.41, 5.74) is 2.41. The number of halogens is 1. The molecule has 1 aromatic heterocycles. The number of aryl methyl sites for hydroxylation is 1. The van der Waals surface area contributed by atoms with Crippen molar-refractivity contribution in [1.29, 1.82) is 0 Å². The lowest BCUT2D eigenvalue weighted by molar-refractivity contribution is -0.180. The predicted molar refractivity (Wildman–Crippen MR) is 143 cm³/mol. The third-order valence-electron chi connectivity index (χ3n) is 6.71. The van der Waals surface area contributed by atoms with Gasteiger partial charge in [-0.2, -0.15) is 0 Å². The van der Waals surface area contributed by atoms with Crippen LogP contribution in [0.4, 0.5) is 5.69 Å². The Kier molecular flexibility index (Phi) is 8.16. The van der Waals surface area contributed by atoms with Crippen LogP contribution in [0, 0.1) is 0 Å². The van der Waals surface area contributed by atoms with Crippen molar-refractivity contribution in [3.05, 3.63) is 77.8 Å². The number of ether oxygens (including phenoxy) is 2. The summed E-state index contributed by atoms with van der Waals surface area (Å²) in [7, 11) is 0. The third-order valence-corrected chi connectivity index (χ3v) is 8.10. The van der Waals surface area contributed by atoms with E-state index in [9.17, 15) is 4.79 Å². The van der Waals surface area contributed by atoms with Gasteiger partial charge in [-0.15, -0.1) is 11.8 Å². The summed E-state index contributed by atoms with van der Waals surface area (Å²) in [5, 5.41) is 0.742. The lowest BCUT2D eigenvalue weighted by Gasteiger charge is -2.34. The summed E-state index contributed by atoms with van der Waals surface area (Å²) < 4.78 is 14.9. The van der Waals surface area contributed by atoms with Crippen LogP contribution in [0.15, 0.2) is 72.1 Å². The molecule has 1 amide bonds. The number of piperazine rings is 1. The minimum Gasteiger partial charge on any atom is -0.368 e. The maximum Gasteiger partial charge on any atom is 0.209 e. The van der Waals surface area contributed by atoms with Gasteiger partial charge in [-0.1, -0.05) is 23.7 Å². The van der Waals surface area contributed by atoms with Crippen LogP contribution < -0.4 is 4.90 Å². The minimum absolute atomic E-state index is 0.0137. The van der Waals surface area contributed by atoms with E-state index in [4.69, 9.17) is 21.1 Å². The number of hydrogen-bond donors (Lipinski definition) is 0. The number of carbonyl (C=O) groups excluding carboxylic acids is 1. The van der Waals surface area contributed by atoms with Crippen LogP contribution >= 0.6 is 23.4 Å². The molecule has 3 aromatic rings. The molecule has 3 heterocycles. The number of nitrogens with zero attached hydrogens (tertiary/aromatic N) is 4. The predicted octanol–water partition coefficient (Wildman–Crippen LogP) is 4.35. The van der Waals surface area contributed by atoms with Gasteiger partial charge in [0.15, 0.2) is 5.79 Å². The van der Waals surface area contributed by atoms with Gasteiger partial charge in [0.25, 0.3) is 0 Å². The first kappa shape index (κ1) is 25.1. The van der Waals surface area contributed by atoms with E-state index < -0.39 is 5.79 Å². The fraction of sp³-hybridized carbons (Fsp3) is 0.407. The second-order valence-corrected chi connectivity index (χ2v) is 10.8. The van der Waals surface area contributed by atoms with E-state index in [2.05, 4.69) is 46.3 Å². The van der Waals surface area contributed by atoms with E-state index in [0.717, 1.165) is 56.2 Å². The Hall–Kier alpha value is -2.52. The van der Waals surface area contributed by atoms with Gasteiger partial charge < -0.3 is 23.8 Å². The Morgan fingerprint density at radius 3 is 2.56 bits per heavy atom. The summed E-state index contributed by atoms with van der Waals surface area (Å²) in [6.07, 6.45) is 8.07. The highest BCUT2D eigenvalue weighted by atomic mass is 35.5. The van der Waals surface area contributed by atoms with Crippen LogP contribution in [-0.4, -0.2) is 71.3 Å². The number of hydrogen-bond acceptors (Lipinski definition) is 6. The molecule has 2 atom stereocenters. The first-order valence-electron chi connectivity index (χ1n) is 12.3. The number of amides is 1. The monoisotopic (exact) mass is 526 g/mol. The van der Waals surface area contributed by atoms with Gasteiger partial charge in [0.05, 0.1) is 25.6 Å². The van der Waals surface area contributed by atoms with Gasteiger partial charge in [0.2, 0.25) is 6.41 Å². The first-order chi connectivity index (χ1) is 17.6. The quantitative estimate of drug-likeness (QED) is 0.289. The standard InChI is InChI=1S/C27H31ClN4O3S/c28-23-3-1-22(2-4-23)9-10-27(19-31-12-11-29-20-31)34-17-25(35-27)18-36-26-7-5-24(6-8-26)32-15-13-30(21-33)14-16-32/h1-8,11-12,20-21,25H,9-10,13-19H2/t25-,27-/m0/s1.